The molecule has 122 valence electrons. The zero-order chi connectivity index (χ0) is 16.8. The van der Waals surface area contributed by atoms with Gasteiger partial charge in [0, 0.05) is 16.1 Å². The van der Waals surface area contributed by atoms with Gasteiger partial charge >= 0.3 is 5.97 Å². The highest BCUT2D eigenvalue weighted by atomic mass is 79.9. The van der Waals surface area contributed by atoms with Gasteiger partial charge in [-0.2, -0.15) is 0 Å². The van der Waals surface area contributed by atoms with Crippen LogP contribution in [0, 0.1) is 12.8 Å². The molecule has 0 amide bonds. The lowest BCUT2D eigenvalue weighted by atomic mass is 9.76. The lowest BCUT2D eigenvalue weighted by Crippen LogP contribution is -2.30. The number of carboxylic acid groups (broad SMARTS) is 1. The van der Waals surface area contributed by atoms with Crippen LogP contribution in [0.15, 0.2) is 53.0 Å². The van der Waals surface area contributed by atoms with E-state index in [0.717, 1.165) is 22.1 Å². The molecule has 3 atom stereocenters. The first kappa shape index (κ1) is 15.5. The summed E-state index contributed by atoms with van der Waals surface area (Å²) in [6, 6.07) is 12.3. The maximum Gasteiger partial charge on any atom is 0.336 e. The highest BCUT2D eigenvalue weighted by Gasteiger charge is 2.38. The Bertz CT molecular complexity index is 859. The third-order valence-electron chi connectivity index (χ3n) is 5.24. The Hall–Kier alpha value is -2.07. The second kappa shape index (κ2) is 5.78. The average molecular weight is 384 g/mol. The third kappa shape index (κ3) is 2.37. The summed E-state index contributed by atoms with van der Waals surface area (Å²) in [5, 5.41) is 13.1. The van der Waals surface area contributed by atoms with Gasteiger partial charge in [-0.1, -0.05) is 46.3 Å². The van der Waals surface area contributed by atoms with Crippen LogP contribution in [0.5, 0.6) is 0 Å². The van der Waals surface area contributed by atoms with Crippen LogP contribution in [0.4, 0.5) is 5.69 Å². The number of fused-ring (bicyclic) bond motifs is 3. The van der Waals surface area contributed by atoms with Crippen molar-refractivity contribution in [3.8, 4) is 0 Å². The highest BCUT2D eigenvalue weighted by molar-refractivity contribution is 9.10. The van der Waals surface area contributed by atoms with E-state index < -0.39 is 5.97 Å². The van der Waals surface area contributed by atoms with Crippen LogP contribution in [0.25, 0.3) is 0 Å². The second-order valence-electron chi connectivity index (χ2n) is 6.54. The van der Waals surface area contributed by atoms with Crippen LogP contribution in [0.3, 0.4) is 0 Å². The number of nitrogens with one attached hydrogen (secondary N) is 1. The number of rotatable bonds is 2. The molecule has 0 saturated carbocycles. The van der Waals surface area contributed by atoms with Crippen molar-refractivity contribution in [3.63, 3.8) is 0 Å². The molecular weight excluding hydrogens is 366 g/mol. The lowest BCUT2D eigenvalue weighted by Gasteiger charge is -2.38. The van der Waals surface area contributed by atoms with Crippen LogP contribution >= 0.6 is 15.9 Å². The van der Waals surface area contributed by atoms with Gasteiger partial charge in [0.15, 0.2) is 0 Å². The molecule has 0 radical (unpaired) electrons. The number of hydrogen-bond acceptors (Lipinski definition) is 2. The van der Waals surface area contributed by atoms with E-state index in [2.05, 4.69) is 51.6 Å². The summed E-state index contributed by atoms with van der Waals surface area (Å²) in [5.74, 6) is -0.0751. The zero-order valence-electron chi connectivity index (χ0n) is 13.3. The molecule has 1 heterocycles. The summed E-state index contributed by atoms with van der Waals surface area (Å²) >= 11 is 3.56. The Morgan fingerprint density at radius 1 is 1.29 bits per heavy atom. The van der Waals surface area contributed by atoms with Crippen molar-refractivity contribution in [2.45, 2.75) is 25.3 Å². The number of carbonyl (C=O) groups is 1. The molecule has 2 N–H and O–H groups in total. The standard InChI is InChI=1S/C20H18BrNO2/c1-11-14(20(23)24)8-9-17-15-6-3-7-16(15)19(22-18(11)17)12-4-2-5-13(21)10-12/h2-6,8-10,15-16,19,22H,7H2,1H3,(H,23,24)/t15-,16+,19+/m1/s1. The molecule has 2 aromatic carbocycles. The SMILES string of the molecule is Cc1c(C(=O)O)ccc2c1N[C@@H](c1cccc(Br)c1)[C@H]1CC=C[C@@H]21. The van der Waals surface area contributed by atoms with Crippen LogP contribution in [0.1, 0.15) is 45.4 Å². The van der Waals surface area contributed by atoms with E-state index in [-0.39, 0.29) is 6.04 Å². The average Bonchev–Trinajstić information content (AvgIpc) is 3.04. The van der Waals surface area contributed by atoms with Gasteiger partial charge in [0.05, 0.1) is 11.6 Å². The predicted octanol–water partition coefficient (Wildman–Crippen LogP) is 5.28. The Morgan fingerprint density at radius 3 is 2.88 bits per heavy atom. The normalized spacial score (nSPS) is 24.2. The minimum Gasteiger partial charge on any atom is -0.478 e. The number of carboxylic acids is 1. The number of halogens is 1. The van der Waals surface area contributed by atoms with E-state index >= 15 is 0 Å². The van der Waals surface area contributed by atoms with E-state index in [4.69, 9.17) is 0 Å². The summed E-state index contributed by atoms with van der Waals surface area (Å²) in [4.78, 5) is 11.5. The molecule has 0 saturated heterocycles. The molecule has 4 rings (SSSR count). The maximum atomic E-state index is 11.5. The van der Waals surface area contributed by atoms with Gasteiger partial charge in [-0.15, -0.1) is 0 Å². The van der Waals surface area contributed by atoms with Crippen LogP contribution in [-0.4, -0.2) is 11.1 Å². The number of aromatic carboxylic acids is 1. The number of benzene rings is 2. The first-order valence-corrected chi connectivity index (χ1v) is 8.91. The molecule has 0 bridgehead atoms. The van der Waals surface area contributed by atoms with E-state index in [9.17, 15) is 9.90 Å². The highest BCUT2D eigenvalue weighted by Crippen LogP contribution is 2.51. The lowest BCUT2D eigenvalue weighted by molar-refractivity contribution is 0.0696. The summed E-state index contributed by atoms with van der Waals surface area (Å²) in [7, 11) is 0. The van der Waals surface area contributed by atoms with Gasteiger partial charge in [0.25, 0.3) is 0 Å². The van der Waals surface area contributed by atoms with E-state index in [0.29, 0.717) is 17.4 Å². The van der Waals surface area contributed by atoms with Gasteiger partial charge in [-0.3, -0.25) is 0 Å². The van der Waals surface area contributed by atoms with Gasteiger partial charge in [0.1, 0.15) is 0 Å². The van der Waals surface area contributed by atoms with Crippen LogP contribution < -0.4 is 5.32 Å². The number of allylic oxidation sites excluding steroid dienone is 2. The van der Waals surface area contributed by atoms with Gasteiger partial charge < -0.3 is 10.4 Å². The molecule has 4 heteroatoms. The van der Waals surface area contributed by atoms with E-state index in [1.54, 1.807) is 6.07 Å². The maximum absolute atomic E-state index is 11.5. The first-order chi connectivity index (χ1) is 11.6. The fourth-order valence-corrected chi connectivity index (χ4v) is 4.49. The predicted molar refractivity (Wildman–Crippen MR) is 98.6 cm³/mol. The monoisotopic (exact) mass is 383 g/mol. The van der Waals surface area contributed by atoms with Crippen molar-refractivity contribution < 1.29 is 9.90 Å². The molecule has 0 fully saturated rings. The van der Waals surface area contributed by atoms with Crippen molar-refractivity contribution in [1.82, 2.24) is 0 Å². The van der Waals surface area contributed by atoms with Gasteiger partial charge in [0.2, 0.25) is 0 Å². The first-order valence-electron chi connectivity index (χ1n) is 8.11. The Morgan fingerprint density at radius 2 is 2.12 bits per heavy atom. The molecule has 0 unspecified atom stereocenters. The summed E-state index contributed by atoms with van der Waals surface area (Å²) in [5.41, 5.74) is 4.61. The Kier molecular flexibility index (Phi) is 3.72. The van der Waals surface area contributed by atoms with Crippen LogP contribution in [0.2, 0.25) is 0 Å². The summed E-state index contributed by atoms with van der Waals surface area (Å²) < 4.78 is 1.06. The van der Waals surface area contributed by atoms with Crippen molar-refractivity contribution in [1.29, 1.82) is 0 Å². The fraction of sp³-hybridized carbons (Fsp3) is 0.250. The van der Waals surface area contributed by atoms with E-state index in [1.807, 2.05) is 19.1 Å². The number of anilines is 1. The van der Waals surface area contributed by atoms with Crippen LogP contribution in [-0.2, 0) is 0 Å². The van der Waals surface area contributed by atoms with E-state index in [1.165, 1.54) is 11.1 Å². The molecular formula is C20H18BrNO2. The Balaban J connectivity index is 1.85. The van der Waals surface area contributed by atoms with Gasteiger partial charge in [-0.25, -0.2) is 4.79 Å². The second-order valence-corrected chi connectivity index (χ2v) is 7.45. The summed E-state index contributed by atoms with van der Waals surface area (Å²) in [6.45, 7) is 1.90. The van der Waals surface area contributed by atoms with Crippen molar-refractivity contribution in [2.75, 3.05) is 5.32 Å². The van der Waals surface area contributed by atoms with Gasteiger partial charge in [-0.05, 0) is 54.2 Å². The topological polar surface area (TPSA) is 49.3 Å². The third-order valence-corrected chi connectivity index (χ3v) is 5.73. The smallest absolute Gasteiger partial charge is 0.336 e. The molecule has 1 aliphatic carbocycles. The van der Waals surface area contributed by atoms with Crippen molar-refractivity contribution >= 4 is 27.6 Å². The molecule has 24 heavy (non-hydrogen) atoms. The van der Waals surface area contributed by atoms with Crippen molar-refractivity contribution in [2.24, 2.45) is 5.92 Å². The number of hydrogen-bond donors (Lipinski definition) is 2. The molecule has 3 nitrogen and oxygen atoms in total. The minimum absolute atomic E-state index is 0.178. The molecule has 2 aliphatic rings. The zero-order valence-corrected chi connectivity index (χ0v) is 14.9. The summed E-state index contributed by atoms with van der Waals surface area (Å²) in [6.07, 6.45) is 5.56. The minimum atomic E-state index is -0.875. The molecule has 2 aromatic rings. The fourth-order valence-electron chi connectivity index (χ4n) is 4.08. The molecule has 1 aliphatic heterocycles. The van der Waals surface area contributed by atoms with Crippen molar-refractivity contribution in [3.05, 3.63) is 75.3 Å². The molecule has 0 spiro atoms. The Labute approximate surface area is 149 Å². The quantitative estimate of drug-likeness (QED) is 0.693. The largest absolute Gasteiger partial charge is 0.478 e. The molecule has 0 aromatic heterocycles.